The Balaban J connectivity index is 0.787. The van der Waals surface area contributed by atoms with Crippen LogP contribution in [0.2, 0.25) is 0 Å². The largest absolute Gasteiger partial charge is 0.494 e. The summed E-state index contributed by atoms with van der Waals surface area (Å²) in [6.45, 7) is 10.5. The monoisotopic (exact) mass is 964 g/mol. The number of nitrogens with one attached hydrogen (secondary N) is 2. The van der Waals surface area contributed by atoms with Gasteiger partial charge in [-0.2, -0.15) is 0 Å². The number of amides is 4. The SMILES string of the molecule is CCCCOc1ccc2c(Oc3ccc(OCCN(CC)CCOCCOCCOCCNc4cccc5c4C(=O)N(C4CCC(=O)NC4=O)C5=O)cc3)c(-c3ccc(S(C)(=O)=O)cc3)ccc2c1. The van der Waals surface area contributed by atoms with E-state index in [2.05, 4.69) is 29.4 Å². The molecule has 366 valence electrons. The summed E-state index contributed by atoms with van der Waals surface area (Å²) in [5.41, 5.74) is 2.54. The summed E-state index contributed by atoms with van der Waals surface area (Å²) < 4.78 is 60.1. The third-order valence-corrected chi connectivity index (χ3v) is 12.9. The second kappa shape index (κ2) is 24.3. The third-order valence-electron chi connectivity index (χ3n) is 11.8. The average molecular weight is 965 g/mol. The van der Waals surface area contributed by atoms with Crippen molar-refractivity contribution in [3.8, 4) is 34.1 Å². The molecule has 0 saturated carbocycles. The molecular formula is C52H60N4O12S. The van der Waals surface area contributed by atoms with Gasteiger partial charge in [-0.05, 0) is 103 Å². The van der Waals surface area contributed by atoms with E-state index < -0.39 is 39.5 Å². The fraction of sp³-hybridized carbons (Fsp3) is 0.385. The number of fused-ring (bicyclic) bond motifs is 2. The lowest BCUT2D eigenvalue weighted by atomic mass is 9.99. The third kappa shape index (κ3) is 13.2. The van der Waals surface area contributed by atoms with Gasteiger partial charge >= 0.3 is 0 Å². The molecular weight excluding hydrogens is 905 g/mol. The molecule has 16 nitrogen and oxygen atoms in total. The maximum absolute atomic E-state index is 13.3. The Bertz CT molecular complexity index is 2700. The molecule has 1 saturated heterocycles. The molecule has 0 spiro atoms. The Labute approximate surface area is 403 Å². The first-order chi connectivity index (χ1) is 33.4. The molecule has 0 bridgehead atoms. The van der Waals surface area contributed by atoms with Crippen LogP contribution in [-0.4, -0.2) is 133 Å². The zero-order valence-corrected chi connectivity index (χ0v) is 40.1. The van der Waals surface area contributed by atoms with Crippen molar-refractivity contribution in [2.75, 3.05) is 90.6 Å². The molecule has 5 aromatic carbocycles. The van der Waals surface area contributed by atoms with E-state index in [0.29, 0.717) is 88.9 Å². The zero-order chi connectivity index (χ0) is 48.8. The summed E-state index contributed by atoms with van der Waals surface area (Å²) in [6, 6.07) is 28.2. The number of sulfone groups is 1. The predicted molar refractivity (Wildman–Crippen MR) is 261 cm³/mol. The summed E-state index contributed by atoms with van der Waals surface area (Å²) in [7, 11) is -3.35. The summed E-state index contributed by atoms with van der Waals surface area (Å²) in [6.07, 6.45) is 3.37. The molecule has 0 aliphatic carbocycles. The Kier molecular flexibility index (Phi) is 17.8. The van der Waals surface area contributed by atoms with Gasteiger partial charge in [0.2, 0.25) is 11.8 Å². The van der Waals surface area contributed by atoms with Crippen LogP contribution in [0.4, 0.5) is 5.69 Å². The van der Waals surface area contributed by atoms with Crippen LogP contribution in [0.5, 0.6) is 23.0 Å². The molecule has 17 heteroatoms. The minimum absolute atomic E-state index is 0.0580. The van der Waals surface area contributed by atoms with Crippen LogP contribution >= 0.6 is 0 Å². The Morgan fingerprint density at radius 3 is 2.10 bits per heavy atom. The molecule has 5 aromatic rings. The summed E-state index contributed by atoms with van der Waals surface area (Å²) >= 11 is 0. The first-order valence-corrected chi connectivity index (χ1v) is 25.3. The van der Waals surface area contributed by atoms with Crippen LogP contribution in [0.25, 0.3) is 21.9 Å². The van der Waals surface area contributed by atoms with Crippen molar-refractivity contribution in [3.05, 3.63) is 108 Å². The van der Waals surface area contributed by atoms with Crippen LogP contribution in [0.3, 0.4) is 0 Å². The molecule has 0 aromatic heterocycles. The topological polar surface area (TPSA) is 188 Å². The molecule has 69 heavy (non-hydrogen) atoms. The number of unbranched alkanes of at least 4 members (excludes halogenated alkanes) is 1. The van der Waals surface area contributed by atoms with Gasteiger partial charge in [0.1, 0.15) is 35.6 Å². The second-order valence-electron chi connectivity index (χ2n) is 16.6. The molecule has 2 N–H and O–H groups in total. The van der Waals surface area contributed by atoms with Gasteiger partial charge in [0.25, 0.3) is 11.8 Å². The van der Waals surface area contributed by atoms with Crippen molar-refractivity contribution in [1.82, 2.24) is 15.1 Å². The molecule has 2 aliphatic rings. The number of piperidine rings is 1. The van der Waals surface area contributed by atoms with E-state index in [1.165, 1.54) is 6.26 Å². The van der Waals surface area contributed by atoms with Crippen LogP contribution < -0.4 is 24.8 Å². The summed E-state index contributed by atoms with van der Waals surface area (Å²) in [5.74, 6) is 0.585. The van der Waals surface area contributed by atoms with Gasteiger partial charge in [-0.25, -0.2) is 8.42 Å². The Hall–Kier alpha value is -6.37. The Morgan fingerprint density at radius 2 is 1.39 bits per heavy atom. The van der Waals surface area contributed by atoms with Gasteiger partial charge in [0.15, 0.2) is 9.84 Å². The first-order valence-electron chi connectivity index (χ1n) is 23.4. The van der Waals surface area contributed by atoms with Gasteiger partial charge in [-0.15, -0.1) is 0 Å². The fourth-order valence-electron chi connectivity index (χ4n) is 8.02. The van der Waals surface area contributed by atoms with Crippen molar-refractivity contribution in [1.29, 1.82) is 0 Å². The number of likely N-dealkylation sites (N-methyl/N-ethyl adjacent to an activating group) is 1. The number of ether oxygens (including phenoxy) is 6. The van der Waals surface area contributed by atoms with E-state index in [4.69, 9.17) is 28.4 Å². The lowest BCUT2D eigenvalue weighted by molar-refractivity contribution is -0.136. The van der Waals surface area contributed by atoms with Gasteiger partial charge < -0.3 is 33.7 Å². The maximum atomic E-state index is 13.3. The highest BCUT2D eigenvalue weighted by molar-refractivity contribution is 7.90. The number of hydrogen-bond acceptors (Lipinski definition) is 14. The van der Waals surface area contributed by atoms with Gasteiger partial charge in [-0.3, -0.25) is 34.3 Å². The highest BCUT2D eigenvalue weighted by Gasteiger charge is 2.45. The molecule has 2 heterocycles. The number of carbonyl (C=O) groups is 4. The molecule has 4 amide bonds. The molecule has 1 fully saturated rings. The fourth-order valence-corrected chi connectivity index (χ4v) is 8.65. The number of hydrogen-bond donors (Lipinski definition) is 2. The normalized spacial score (nSPS) is 14.9. The number of rotatable bonds is 27. The second-order valence-corrected chi connectivity index (χ2v) is 18.6. The van der Waals surface area contributed by atoms with Crippen molar-refractivity contribution < 1.29 is 56.0 Å². The van der Waals surface area contributed by atoms with Crippen molar-refractivity contribution >= 4 is 49.9 Å². The van der Waals surface area contributed by atoms with E-state index in [9.17, 15) is 27.6 Å². The number of nitrogens with zero attached hydrogens (tertiary/aromatic N) is 2. The van der Waals surface area contributed by atoms with E-state index >= 15 is 0 Å². The van der Waals surface area contributed by atoms with E-state index in [1.54, 1.807) is 42.5 Å². The van der Waals surface area contributed by atoms with Crippen LogP contribution in [-0.2, 0) is 33.6 Å². The minimum atomic E-state index is -3.35. The van der Waals surface area contributed by atoms with Crippen LogP contribution in [0.15, 0.2) is 102 Å². The number of anilines is 1. The van der Waals surface area contributed by atoms with Crippen LogP contribution in [0, 0.1) is 0 Å². The number of benzene rings is 5. The number of imide groups is 2. The minimum Gasteiger partial charge on any atom is -0.494 e. The van der Waals surface area contributed by atoms with E-state index in [1.807, 2.05) is 54.6 Å². The van der Waals surface area contributed by atoms with Gasteiger partial charge in [-0.1, -0.05) is 44.5 Å². The Morgan fingerprint density at radius 1 is 0.710 bits per heavy atom. The lowest BCUT2D eigenvalue weighted by Gasteiger charge is -2.27. The smallest absolute Gasteiger partial charge is 0.264 e. The molecule has 1 atom stereocenters. The van der Waals surface area contributed by atoms with Crippen LogP contribution in [0.1, 0.15) is 60.2 Å². The lowest BCUT2D eigenvalue weighted by Crippen LogP contribution is -2.54. The molecule has 2 aliphatic heterocycles. The number of carbonyl (C=O) groups excluding carboxylic acids is 4. The van der Waals surface area contributed by atoms with E-state index in [0.717, 1.165) is 58.5 Å². The van der Waals surface area contributed by atoms with Crippen molar-refractivity contribution in [3.63, 3.8) is 0 Å². The maximum Gasteiger partial charge on any atom is 0.264 e. The highest BCUT2D eigenvalue weighted by Crippen LogP contribution is 2.41. The standard InChI is InChI=1S/C52H60N4O12S/c1-4-6-27-66-40-17-21-43-37(35-40)12-20-42(36-10-18-41(19-11-36)69(3,61)62)49(43)68-39-15-13-38(14-16-39)67-30-26-55(5-2)25-29-64-32-34-65-33-31-63-28-24-53-45-9-7-8-44-48(45)52(60)56(51(44)59)46-22-23-47(57)54-50(46)58/h7-21,35,46,53H,4-6,22-34H2,1-3H3,(H,54,57,58). The van der Waals surface area contributed by atoms with E-state index in [-0.39, 0.29) is 28.9 Å². The summed E-state index contributed by atoms with van der Waals surface area (Å²) in [5, 5.41) is 7.22. The predicted octanol–water partition coefficient (Wildman–Crippen LogP) is 7.15. The molecule has 1 unspecified atom stereocenters. The van der Waals surface area contributed by atoms with Gasteiger partial charge in [0, 0.05) is 48.9 Å². The van der Waals surface area contributed by atoms with Gasteiger partial charge in [0.05, 0.1) is 62.3 Å². The van der Waals surface area contributed by atoms with Crippen molar-refractivity contribution in [2.45, 2.75) is 50.5 Å². The molecule has 0 radical (unpaired) electrons. The highest BCUT2D eigenvalue weighted by atomic mass is 32.2. The zero-order valence-electron chi connectivity index (χ0n) is 39.3. The van der Waals surface area contributed by atoms with Crippen molar-refractivity contribution in [2.24, 2.45) is 0 Å². The quantitative estimate of drug-likeness (QED) is 0.0399. The summed E-state index contributed by atoms with van der Waals surface area (Å²) in [4.78, 5) is 53.8. The first kappa shape index (κ1) is 50.5. The average Bonchev–Trinajstić information content (AvgIpc) is 3.60. The molecule has 7 rings (SSSR count).